The highest BCUT2D eigenvalue weighted by atomic mass is 16.6. The minimum atomic E-state index is -0.117. The van der Waals surface area contributed by atoms with Crippen molar-refractivity contribution in [1.29, 1.82) is 0 Å². The van der Waals surface area contributed by atoms with Gasteiger partial charge in [0.05, 0.1) is 0 Å². The number of carbonyl (C=O) groups excluding carboxylic acids is 1. The zero-order valence-corrected chi connectivity index (χ0v) is 8.73. The zero-order valence-electron chi connectivity index (χ0n) is 8.73. The Hall–Kier alpha value is -1.51. The van der Waals surface area contributed by atoms with Crippen molar-refractivity contribution >= 4 is 5.97 Å². The van der Waals surface area contributed by atoms with E-state index in [2.05, 4.69) is 0 Å². The van der Waals surface area contributed by atoms with Gasteiger partial charge in [-0.15, -0.1) is 0 Å². The summed E-state index contributed by atoms with van der Waals surface area (Å²) < 4.78 is 10.7. The average molecular weight is 206 g/mol. The summed E-state index contributed by atoms with van der Waals surface area (Å²) in [5.74, 6) is 0.744. The SMILES string of the molecule is Cc1ccccc1OC[C@H]1CCC(=O)O1. The molecule has 0 N–H and O–H groups in total. The lowest BCUT2D eigenvalue weighted by Crippen LogP contribution is -2.17. The Balaban J connectivity index is 1.88. The van der Waals surface area contributed by atoms with Gasteiger partial charge in [0.15, 0.2) is 0 Å². The highest BCUT2D eigenvalue weighted by Gasteiger charge is 2.23. The second kappa shape index (κ2) is 4.34. The van der Waals surface area contributed by atoms with Crippen molar-refractivity contribution in [3.8, 4) is 5.75 Å². The predicted octanol–water partition coefficient (Wildman–Crippen LogP) is 2.08. The summed E-state index contributed by atoms with van der Waals surface area (Å²) >= 11 is 0. The van der Waals surface area contributed by atoms with Crippen molar-refractivity contribution < 1.29 is 14.3 Å². The Morgan fingerprint density at radius 3 is 2.93 bits per heavy atom. The molecule has 0 amide bonds. The lowest BCUT2D eigenvalue weighted by atomic mass is 10.2. The van der Waals surface area contributed by atoms with E-state index in [1.807, 2.05) is 31.2 Å². The molecule has 0 aliphatic carbocycles. The number of para-hydroxylation sites is 1. The third-order valence-corrected chi connectivity index (χ3v) is 2.49. The molecule has 1 saturated heterocycles. The lowest BCUT2D eigenvalue weighted by molar-refractivity contribution is -0.142. The highest BCUT2D eigenvalue weighted by Crippen LogP contribution is 2.19. The van der Waals surface area contributed by atoms with Crippen molar-refractivity contribution in [1.82, 2.24) is 0 Å². The molecule has 80 valence electrons. The number of cyclic esters (lactones) is 1. The van der Waals surface area contributed by atoms with E-state index in [1.54, 1.807) is 0 Å². The number of esters is 1. The maximum atomic E-state index is 10.9. The molecule has 15 heavy (non-hydrogen) atoms. The third kappa shape index (κ3) is 2.49. The summed E-state index contributed by atoms with van der Waals surface area (Å²) in [6.07, 6.45) is 1.21. The topological polar surface area (TPSA) is 35.5 Å². The van der Waals surface area contributed by atoms with Crippen LogP contribution in [0.4, 0.5) is 0 Å². The molecule has 1 aliphatic heterocycles. The number of carbonyl (C=O) groups is 1. The van der Waals surface area contributed by atoms with E-state index >= 15 is 0 Å². The van der Waals surface area contributed by atoms with Crippen molar-refractivity contribution in [2.24, 2.45) is 0 Å². The van der Waals surface area contributed by atoms with Gasteiger partial charge in [-0.1, -0.05) is 18.2 Å². The van der Waals surface area contributed by atoms with Gasteiger partial charge < -0.3 is 9.47 Å². The highest BCUT2D eigenvalue weighted by molar-refractivity contribution is 5.71. The van der Waals surface area contributed by atoms with Crippen molar-refractivity contribution in [2.75, 3.05) is 6.61 Å². The van der Waals surface area contributed by atoms with Gasteiger partial charge in [-0.05, 0) is 25.0 Å². The first-order valence-electron chi connectivity index (χ1n) is 5.13. The second-order valence-corrected chi connectivity index (χ2v) is 3.73. The Kier molecular flexibility index (Phi) is 2.90. The maximum absolute atomic E-state index is 10.9. The molecule has 3 nitrogen and oxygen atoms in total. The minimum absolute atomic E-state index is 0.0721. The smallest absolute Gasteiger partial charge is 0.306 e. The Labute approximate surface area is 89.0 Å². The first-order chi connectivity index (χ1) is 7.25. The molecule has 0 saturated carbocycles. The minimum Gasteiger partial charge on any atom is -0.489 e. The number of hydrogen-bond donors (Lipinski definition) is 0. The molecule has 0 bridgehead atoms. The molecule has 0 aromatic heterocycles. The summed E-state index contributed by atoms with van der Waals surface area (Å²) in [6.45, 7) is 2.45. The molecule has 1 aromatic carbocycles. The Morgan fingerprint density at radius 1 is 1.47 bits per heavy atom. The van der Waals surface area contributed by atoms with Gasteiger partial charge in [-0.25, -0.2) is 0 Å². The standard InChI is InChI=1S/C12H14O3/c1-9-4-2-3-5-11(9)14-8-10-6-7-12(13)15-10/h2-5,10H,6-8H2,1H3/t10-/m1/s1. The summed E-state index contributed by atoms with van der Waals surface area (Å²) in [4.78, 5) is 10.9. The summed E-state index contributed by atoms with van der Waals surface area (Å²) in [5, 5.41) is 0. The fourth-order valence-electron chi connectivity index (χ4n) is 1.60. The van der Waals surface area contributed by atoms with Crippen LogP contribution in [-0.2, 0) is 9.53 Å². The van der Waals surface area contributed by atoms with Crippen LogP contribution in [0, 0.1) is 6.92 Å². The number of hydrogen-bond acceptors (Lipinski definition) is 3. The zero-order chi connectivity index (χ0) is 10.7. The molecule has 1 atom stereocenters. The molecule has 0 unspecified atom stereocenters. The molecule has 0 radical (unpaired) electrons. The van der Waals surface area contributed by atoms with Crippen LogP contribution in [0.2, 0.25) is 0 Å². The molecule has 1 aliphatic rings. The lowest BCUT2D eigenvalue weighted by Gasteiger charge is -2.12. The van der Waals surface area contributed by atoms with E-state index in [4.69, 9.17) is 9.47 Å². The van der Waals surface area contributed by atoms with Crippen LogP contribution in [0.15, 0.2) is 24.3 Å². The number of aryl methyl sites for hydroxylation is 1. The van der Waals surface area contributed by atoms with E-state index in [0.29, 0.717) is 13.0 Å². The third-order valence-electron chi connectivity index (χ3n) is 2.49. The number of rotatable bonds is 3. The predicted molar refractivity (Wildman–Crippen MR) is 55.8 cm³/mol. The first kappa shape index (κ1) is 10.0. The molecule has 1 aromatic rings. The molecule has 0 spiro atoms. The van der Waals surface area contributed by atoms with Gasteiger partial charge in [0.1, 0.15) is 18.5 Å². The summed E-state index contributed by atoms with van der Waals surface area (Å²) in [5.41, 5.74) is 1.10. The van der Waals surface area contributed by atoms with Crippen LogP contribution in [0.5, 0.6) is 5.75 Å². The maximum Gasteiger partial charge on any atom is 0.306 e. The largest absolute Gasteiger partial charge is 0.489 e. The Morgan fingerprint density at radius 2 is 2.27 bits per heavy atom. The van der Waals surface area contributed by atoms with E-state index in [-0.39, 0.29) is 12.1 Å². The van der Waals surface area contributed by atoms with Crippen LogP contribution >= 0.6 is 0 Å². The molecular weight excluding hydrogens is 192 g/mol. The van der Waals surface area contributed by atoms with E-state index in [1.165, 1.54) is 0 Å². The van der Waals surface area contributed by atoms with Gasteiger partial charge in [-0.2, -0.15) is 0 Å². The molecule has 1 heterocycles. The van der Waals surface area contributed by atoms with Crippen molar-refractivity contribution in [3.05, 3.63) is 29.8 Å². The van der Waals surface area contributed by atoms with Gasteiger partial charge in [-0.3, -0.25) is 4.79 Å². The van der Waals surface area contributed by atoms with Gasteiger partial charge >= 0.3 is 5.97 Å². The fourth-order valence-corrected chi connectivity index (χ4v) is 1.60. The van der Waals surface area contributed by atoms with Gasteiger partial charge in [0.2, 0.25) is 0 Å². The van der Waals surface area contributed by atoms with E-state index in [0.717, 1.165) is 17.7 Å². The normalized spacial score (nSPS) is 20.1. The van der Waals surface area contributed by atoms with E-state index < -0.39 is 0 Å². The van der Waals surface area contributed by atoms with Crippen molar-refractivity contribution in [2.45, 2.75) is 25.9 Å². The van der Waals surface area contributed by atoms with Crippen LogP contribution in [0.25, 0.3) is 0 Å². The summed E-state index contributed by atoms with van der Waals surface area (Å²) in [6, 6.07) is 7.82. The van der Waals surface area contributed by atoms with Gasteiger partial charge in [0, 0.05) is 6.42 Å². The molecular formula is C12H14O3. The fraction of sp³-hybridized carbons (Fsp3) is 0.417. The second-order valence-electron chi connectivity index (χ2n) is 3.73. The van der Waals surface area contributed by atoms with Gasteiger partial charge in [0.25, 0.3) is 0 Å². The average Bonchev–Trinajstić information content (AvgIpc) is 2.63. The first-order valence-corrected chi connectivity index (χ1v) is 5.13. The Bertz CT molecular complexity index is 360. The molecule has 1 fully saturated rings. The molecule has 2 rings (SSSR count). The van der Waals surface area contributed by atoms with Crippen LogP contribution in [0.3, 0.4) is 0 Å². The van der Waals surface area contributed by atoms with Crippen LogP contribution in [-0.4, -0.2) is 18.7 Å². The van der Waals surface area contributed by atoms with Crippen LogP contribution < -0.4 is 4.74 Å². The number of benzene rings is 1. The van der Waals surface area contributed by atoms with Crippen molar-refractivity contribution in [3.63, 3.8) is 0 Å². The monoisotopic (exact) mass is 206 g/mol. The molecule has 3 heteroatoms. The van der Waals surface area contributed by atoms with E-state index in [9.17, 15) is 4.79 Å². The van der Waals surface area contributed by atoms with Crippen LogP contribution in [0.1, 0.15) is 18.4 Å². The quantitative estimate of drug-likeness (QED) is 0.710. The number of ether oxygens (including phenoxy) is 2. The summed E-state index contributed by atoms with van der Waals surface area (Å²) in [7, 11) is 0.